The van der Waals surface area contributed by atoms with E-state index in [0.717, 1.165) is 25.7 Å². The molecule has 1 saturated carbocycles. The van der Waals surface area contributed by atoms with Crippen molar-refractivity contribution in [3.63, 3.8) is 0 Å². The van der Waals surface area contributed by atoms with Crippen LogP contribution < -0.4 is 16.8 Å². The summed E-state index contributed by atoms with van der Waals surface area (Å²) >= 11 is 0. The molecule has 1 unspecified atom stereocenters. The lowest BCUT2D eigenvalue weighted by Gasteiger charge is -2.37. The fourth-order valence-corrected chi connectivity index (χ4v) is 3.67. The average Bonchev–Trinajstić information content (AvgIpc) is 2.68. The first-order valence-electron chi connectivity index (χ1n) is 8.92. The minimum atomic E-state index is -1.19. The van der Waals surface area contributed by atoms with Crippen molar-refractivity contribution < 1.29 is 9.59 Å². The molecule has 2 aromatic rings. The van der Waals surface area contributed by atoms with Crippen LogP contribution in [0.5, 0.6) is 0 Å². The van der Waals surface area contributed by atoms with Crippen molar-refractivity contribution in [3.8, 4) is 0 Å². The van der Waals surface area contributed by atoms with Gasteiger partial charge in [-0.15, -0.1) is 0 Å². The number of amides is 2. The average molecular weight is 352 g/mol. The van der Waals surface area contributed by atoms with E-state index >= 15 is 0 Å². The zero-order chi connectivity index (χ0) is 18.6. The maximum absolute atomic E-state index is 12.4. The Morgan fingerprint density at radius 3 is 2.19 bits per heavy atom. The van der Waals surface area contributed by atoms with Gasteiger partial charge in [-0.25, -0.2) is 0 Å². The van der Waals surface area contributed by atoms with Crippen molar-refractivity contribution >= 4 is 17.5 Å². The Morgan fingerprint density at radius 2 is 1.62 bits per heavy atom. The molecular formula is C20H24N4O2. The van der Waals surface area contributed by atoms with Gasteiger partial charge in [-0.05, 0) is 48.6 Å². The van der Waals surface area contributed by atoms with E-state index in [1.54, 1.807) is 48.8 Å². The molecule has 0 bridgehead atoms. The van der Waals surface area contributed by atoms with Crippen LogP contribution in [-0.2, 0) is 10.3 Å². The molecule has 2 amide bonds. The van der Waals surface area contributed by atoms with Gasteiger partial charge in [0.2, 0.25) is 5.91 Å². The molecular weight excluding hydrogens is 328 g/mol. The second-order valence-corrected chi connectivity index (χ2v) is 6.84. The van der Waals surface area contributed by atoms with Crippen LogP contribution in [-0.4, -0.2) is 16.8 Å². The van der Waals surface area contributed by atoms with Crippen LogP contribution in [0.15, 0.2) is 48.8 Å². The summed E-state index contributed by atoms with van der Waals surface area (Å²) < 4.78 is 0. The van der Waals surface area contributed by atoms with Crippen LogP contribution in [0.4, 0.5) is 5.69 Å². The molecule has 6 nitrogen and oxygen atoms in total. The van der Waals surface area contributed by atoms with E-state index in [1.165, 1.54) is 6.42 Å². The molecule has 136 valence electrons. The van der Waals surface area contributed by atoms with Crippen LogP contribution >= 0.6 is 0 Å². The molecule has 26 heavy (non-hydrogen) atoms. The highest BCUT2D eigenvalue weighted by molar-refractivity contribution is 6.04. The minimum Gasteiger partial charge on any atom is -0.368 e. The van der Waals surface area contributed by atoms with Gasteiger partial charge >= 0.3 is 0 Å². The molecule has 1 aromatic heterocycles. The number of nitrogens with two attached hydrogens (primary N) is 2. The molecule has 1 atom stereocenters. The van der Waals surface area contributed by atoms with Gasteiger partial charge in [-0.1, -0.05) is 31.4 Å². The Morgan fingerprint density at radius 1 is 1.00 bits per heavy atom. The van der Waals surface area contributed by atoms with Gasteiger partial charge < -0.3 is 16.8 Å². The molecule has 0 aliphatic heterocycles. The summed E-state index contributed by atoms with van der Waals surface area (Å²) in [6, 6.07) is 10.3. The Hall–Kier alpha value is -2.73. The molecule has 1 aliphatic carbocycles. The Labute approximate surface area is 153 Å². The van der Waals surface area contributed by atoms with E-state index < -0.39 is 11.4 Å². The van der Waals surface area contributed by atoms with Crippen LogP contribution in [0.1, 0.15) is 48.0 Å². The lowest BCUT2D eigenvalue weighted by molar-refractivity contribution is -0.126. The monoisotopic (exact) mass is 352 g/mol. The fourth-order valence-electron chi connectivity index (χ4n) is 3.67. The van der Waals surface area contributed by atoms with Crippen molar-refractivity contribution in [3.05, 3.63) is 59.9 Å². The largest absolute Gasteiger partial charge is 0.368 e. The molecule has 1 aliphatic rings. The van der Waals surface area contributed by atoms with Crippen molar-refractivity contribution in [1.29, 1.82) is 0 Å². The Bertz CT molecular complexity index is 770. The molecule has 0 radical (unpaired) electrons. The van der Waals surface area contributed by atoms with Crippen LogP contribution in [0, 0.1) is 5.92 Å². The SMILES string of the molecule is NC(=O)C(N)(c1ccc(C(=O)Nc2ccncc2)cc1)C1CCCCC1. The van der Waals surface area contributed by atoms with Crippen molar-refractivity contribution in [2.75, 3.05) is 5.32 Å². The molecule has 1 heterocycles. The van der Waals surface area contributed by atoms with Crippen LogP contribution in [0.2, 0.25) is 0 Å². The third kappa shape index (κ3) is 3.60. The predicted octanol–water partition coefficient (Wildman–Crippen LogP) is 2.55. The summed E-state index contributed by atoms with van der Waals surface area (Å²) in [5.41, 5.74) is 12.8. The number of nitrogens with one attached hydrogen (secondary N) is 1. The topological polar surface area (TPSA) is 111 Å². The predicted molar refractivity (Wildman–Crippen MR) is 100 cm³/mol. The lowest BCUT2D eigenvalue weighted by Crippen LogP contribution is -2.55. The van der Waals surface area contributed by atoms with E-state index in [0.29, 0.717) is 16.8 Å². The number of benzene rings is 1. The molecule has 6 heteroatoms. The quantitative estimate of drug-likeness (QED) is 0.768. The summed E-state index contributed by atoms with van der Waals surface area (Å²) in [6.45, 7) is 0. The Balaban J connectivity index is 1.80. The number of carbonyl (C=O) groups is 2. The van der Waals surface area contributed by atoms with Gasteiger partial charge in [0.25, 0.3) is 5.91 Å². The highest BCUT2D eigenvalue weighted by Crippen LogP contribution is 2.37. The maximum Gasteiger partial charge on any atom is 0.255 e. The van der Waals surface area contributed by atoms with E-state index in [-0.39, 0.29) is 11.8 Å². The number of primary amides is 1. The molecule has 1 aromatic carbocycles. The minimum absolute atomic E-state index is 0.0326. The molecule has 0 saturated heterocycles. The molecule has 1 fully saturated rings. The molecule has 5 N–H and O–H groups in total. The second-order valence-electron chi connectivity index (χ2n) is 6.84. The summed E-state index contributed by atoms with van der Waals surface area (Å²) in [5.74, 6) is -0.717. The summed E-state index contributed by atoms with van der Waals surface area (Å²) in [5, 5.41) is 2.80. The summed E-state index contributed by atoms with van der Waals surface area (Å²) in [4.78, 5) is 28.5. The van der Waals surface area contributed by atoms with Gasteiger partial charge in [0, 0.05) is 23.6 Å². The van der Waals surface area contributed by atoms with Crippen LogP contribution in [0.25, 0.3) is 0 Å². The van der Waals surface area contributed by atoms with Gasteiger partial charge in [0.15, 0.2) is 0 Å². The third-order valence-corrected chi connectivity index (χ3v) is 5.22. The first-order chi connectivity index (χ1) is 12.5. The lowest BCUT2D eigenvalue weighted by atomic mass is 9.71. The zero-order valence-electron chi connectivity index (χ0n) is 14.7. The fraction of sp³-hybridized carbons (Fsp3) is 0.350. The van der Waals surface area contributed by atoms with Gasteiger partial charge in [-0.2, -0.15) is 0 Å². The first kappa shape index (κ1) is 18.1. The van der Waals surface area contributed by atoms with Gasteiger partial charge in [0.1, 0.15) is 5.54 Å². The van der Waals surface area contributed by atoms with Crippen molar-refractivity contribution in [2.45, 2.75) is 37.6 Å². The highest BCUT2D eigenvalue weighted by atomic mass is 16.2. The zero-order valence-corrected chi connectivity index (χ0v) is 14.7. The molecule has 3 rings (SSSR count). The smallest absolute Gasteiger partial charge is 0.255 e. The first-order valence-corrected chi connectivity index (χ1v) is 8.92. The summed E-state index contributed by atoms with van der Waals surface area (Å²) in [7, 11) is 0. The number of anilines is 1. The third-order valence-electron chi connectivity index (χ3n) is 5.22. The maximum atomic E-state index is 12.4. The number of aromatic nitrogens is 1. The van der Waals surface area contributed by atoms with Gasteiger partial charge in [-0.3, -0.25) is 14.6 Å². The van der Waals surface area contributed by atoms with Crippen LogP contribution in [0.3, 0.4) is 0 Å². The number of hydrogen-bond acceptors (Lipinski definition) is 4. The second kappa shape index (κ2) is 7.66. The Kier molecular flexibility index (Phi) is 5.32. The van der Waals surface area contributed by atoms with E-state index in [9.17, 15) is 9.59 Å². The molecule has 0 spiro atoms. The van der Waals surface area contributed by atoms with Crippen molar-refractivity contribution in [2.24, 2.45) is 17.4 Å². The standard InChI is InChI=1S/C20H24N4O2/c21-19(26)20(22,15-4-2-1-3-5-15)16-8-6-14(7-9-16)18(25)24-17-10-12-23-13-11-17/h6-13,15H,1-5,22H2,(H2,21,26)(H,23,24,25). The number of carbonyl (C=O) groups excluding carboxylic acids is 2. The normalized spacial score (nSPS) is 17.3. The van der Waals surface area contributed by atoms with E-state index in [2.05, 4.69) is 10.3 Å². The highest BCUT2D eigenvalue weighted by Gasteiger charge is 2.42. The number of hydrogen-bond donors (Lipinski definition) is 3. The number of pyridine rings is 1. The van der Waals surface area contributed by atoms with E-state index in [1.807, 2.05) is 0 Å². The van der Waals surface area contributed by atoms with E-state index in [4.69, 9.17) is 11.5 Å². The number of rotatable bonds is 5. The summed E-state index contributed by atoms with van der Waals surface area (Å²) in [6.07, 6.45) is 8.29. The van der Waals surface area contributed by atoms with Crippen molar-refractivity contribution in [1.82, 2.24) is 4.98 Å². The number of nitrogens with zero attached hydrogens (tertiary/aromatic N) is 1. The van der Waals surface area contributed by atoms with Gasteiger partial charge in [0.05, 0.1) is 0 Å².